The molecule has 0 spiro atoms. The van der Waals surface area contributed by atoms with Crippen molar-refractivity contribution in [2.75, 3.05) is 0 Å². The van der Waals surface area contributed by atoms with Crippen molar-refractivity contribution in [1.29, 1.82) is 0 Å². The van der Waals surface area contributed by atoms with E-state index in [1.165, 1.54) is 44.9 Å². The Morgan fingerprint density at radius 1 is 1.25 bits per heavy atom. The van der Waals surface area contributed by atoms with E-state index in [2.05, 4.69) is 13.8 Å². The topological polar surface area (TPSA) is 43.1 Å². The Hall–Kier alpha value is -0.530. The van der Waals surface area contributed by atoms with Gasteiger partial charge in [-0.3, -0.25) is 4.79 Å². The van der Waals surface area contributed by atoms with Gasteiger partial charge in [0.15, 0.2) is 0 Å². The van der Waals surface area contributed by atoms with E-state index in [1.807, 2.05) is 0 Å². The molecule has 2 N–H and O–H groups in total. The first-order valence-corrected chi connectivity index (χ1v) is 6.90. The van der Waals surface area contributed by atoms with Gasteiger partial charge in [-0.2, -0.15) is 0 Å². The predicted molar refractivity (Wildman–Crippen MR) is 67.9 cm³/mol. The van der Waals surface area contributed by atoms with Crippen LogP contribution in [-0.2, 0) is 4.79 Å². The fourth-order valence-electron chi connectivity index (χ4n) is 2.73. The highest BCUT2D eigenvalue weighted by Gasteiger charge is 2.22. The average Bonchev–Trinajstić information content (AvgIpc) is 2.27. The summed E-state index contributed by atoms with van der Waals surface area (Å²) in [5.41, 5.74) is 5.24. The van der Waals surface area contributed by atoms with Crippen LogP contribution in [0.4, 0.5) is 0 Å². The number of rotatable bonds is 6. The molecule has 1 saturated carbocycles. The maximum atomic E-state index is 10.8. The molecular weight excluding hydrogens is 198 g/mol. The van der Waals surface area contributed by atoms with Gasteiger partial charge in [0, 0.05) is 6.42 Å². The number of hydrogen-bond donors (Lipinski definition) is 1. The Balaban J connectivity index is 2.14. The lowest BCUT2D eigenvalue weighted by atomic mass is 9.78. The van der Waals surface area contributed by atoms with Gasteiger partial charge >= 0.3 is 0 Å². The Labute approximate surface area is 100.0 Å². The summed E-state index contributed by atoms with van der Waals surface area (Å²) in [7, 11) is 0. The fourth-order valence-corrected chi connectivity index (χ4v) is 2.73. The van der Waals surface area contributed by atoms with Crippen molar-refractivity contribution in [3.05, 3.63) is 0 Å². The van der Waals surface area contributed by atoms with Gasteiger partial charge in [0.2, 0.25) is 5.91 Å². The standard InChI is InChI=1S/C14H27NO/c1-3-11(2)4-5-12-6-8-13(9-7-12)10-14(15)16/h11-13H,3-10H2,1-2H3,(H2,15,16)/t11?,12-,13-. The summed E-state index contributed by atoms with van der Waals surface area (Å²) in [6.45, 7) is 4.62. The van der Waals surface area contributed by atoms with E-state index >= 15 is 0 Å². The molecule has 0 aromatic heterocycles. The van der Waals surface area contributed by atoms with E-state index in [4.69, 9.17) is 5.73 Å². The predicted octanol–water partition coefficient (Wildman–Crippen LogP) is 3.49. The summed E-state index contributed by atoms with van der Waals surface area (Å²) in [4.78, 5) is 10.8. The van der Waals surface area contributed by atoms with E-state index in [-0.39, 0.29) is 5.91 Å². The summed E-state index contributed by atoms with van der Waals surface area (Å²) in [6.07, 6.45) is 9.74. The van der Waals surface area contributed by atoms with Gasteiger partial charge in [-0.05, 0) is 30.6 Å². The van der Waals surface area contributed by atoms with E-state index in [0.29, 0.717) is 12.3 Å². The van der Waals surface area contributed by atoms with Crippen molar-refractivity contribution >= 4 is 5.91 Å². The SMILES string of the molecule is CCC(C)CC[C@H]1CC[C@H](CC(N)=O)CC1. The molecule has 0 heterocycles. The van der Waals surface area contributed by atoms with E-state index in [1.54, 1.807) is 0 Å². The number of carbonyl (C=O) groups excluding carboxylic acids is 1. The monoisotopic (exact) mass is 225 g/mol. The third-order valence-corrected chi connectivity index (χ3v) is 4.22. The van der Waals surface area contributed by atoms with Crippen LogP contribution in [0.1, 0.15) is 65.2 Å². The molecule has 94 valence electrons. The van der Waals surface area contributed by atoms with Gasteiger partial charge < -0.3 is 5.73 Å². The molecule has 1 aliphatic rings. The summed E-state index contributed by atoms with van der Waals surface area (Å²) >= 11 is 0. The molecule has 0 radical (unpaired) electrons. The summed E-state index contributed by atoms with van der Waals surface area (Å²) in [5, 5.41) is 0. The third-order valence-electron chi connectivity index (χ3n) is 4.22. The zero-order valence-electron chi connectivity index (χ0n) is 10.9. The number of hydrogen-bond acceptors (Lipinski definition) is 1. The molecule has 0 aliphatic heterocycles. The van der Waals surface area contributed by atoms with Crippen molar-refractivity contribution < 1.29 is 4.79 Å². The highest BCUT2D eigenvalue weighted by molar-refractivity contribution is 5.73. The Morgan fingerprint density at radius 2 is 1.81 bits per heavy atom. The second-order valence-corrected chi connectivity index (χ2v) is 5.65. The van der Waals surface area contributed by atoms with Crippen LogP contribution in [0, 0.1) is 17.8 Å². The van der Waals surface area contributed by atoms with Crippen LogP contribution in [0.5, 0.6) is 0 Å². The maximum Gasteiger partial charge on any atom is 0.217 e. The van der Waals surface area contributed by atoms with Crippen LogP contribution in [0.15, 0.2) is 0 Å². The van der Waals surface area contributed by atoms with Crippen LogP contribution >= 0.6 is 0 Å². The molecule has 0 aromatic carbocycles. The fraction of sp³-hybridized carbons (Fsp3) is 0.929. The first-order valence-electron chi connectivity index (χ1n) is 6.90. The summed E-state index contributed by atoms with van der Waals surface area (Å²) < 4.78 is 0. The summed E-state index contributed by atoms with van der Waals surface area (Å²) in [6, 6.07) is 0. The van der Waals surface area contributed by atoms with Crippen LogP contribution in [0.2, 0.25) is 0 Å². The third kappa shape index (κ3) is 5.00. The lowest BCUT2D eigenvalue weighted by Gasteiger charge is -2.28. The molecule has 1 aliphatic carbocycles. The van der Waals surface area contributed by atoms with E-state index < -0.39 is 0 Å². The minimum absolute atomic E-state index is 0.122. The molecule has 1 amide bonds. The van der Waals surface area contributed by atoms with Crippen molar-refractivity contribution in [3.63, 3.8) is 0 Å². The maximum absolute atomic E-state index is 10.8. The Morgan fingerprint density at radius 3 is 2.31 bits per heavy atom. The minimum Gasteiger partial charge on any atom is -0.370 e. The van der Waals surface area contributed by atoms with Crippen molar-refractivity contribution in [2.24, 2.45) is 23.5 Å². The average molecular weight is 225 g/mol. The quantitative estimate of drug-likeness (QED) is 0.738. The Bertz CT molecular complexity index is 207. The van der Waals surface area contributed by atoms with Gasteiger partial charge in [0.1, 0.15) is 0 Å². The van der Waals surface area contributed by atoms with Crippen molar-refractivity contribution in [3.8, 4) is 0 Å². The van der Waals surface area contributed by atoms with Crippen LogP contribution in [0.3, 0.4) is 0 Å². The van der Waals surface area contributed by atoms with Gasteiger partial charge in [0.25, 0.3) is 0 Å². The van der Waals surface area contributed by atoms with Crippen molar-refractivity contribution in [1.82, 2.24) is 0 Å². The van der Waals surface area contributed by atoms with Gasteiger partial charge in [-0.1, -0.05) is 46.0 Å². The highest BCUT2D eigenvalue weighted by atomic mass is 16.1. The molecule has 2 nitrogen and oxygen atoms in total. The largest absolute Gasteiger partial charge is 0.370 e. The normalized spacial score (nSPS) is 27.6. The number of primary amides is 1. The van der Waals surface area contributed by atoms with E-state index in [9.17, 15) is 4.79 Å². The van der Waals surface area contributed by atoms with Gasteiger partial charge in [-0.15, -0.1) is 0 Å². The molecule has 1 atom stereocenters. The van der Waals surface area contributed by atoms with Gasteiger partial charge in [-0.25, -0.2) is 0 Å². The van der Waals surface area contributed by atoms with Crippen LogP contribution in [0.25, 0.3) is 0 Å². The molecule has 1 unspecified atom stereocenters. The molecule has 16 heavy (non-hydrogen) atoms. The first kappa shape index (κ1) is 13.5. The second-order valence-electron chi connectivity index (χ2n) is 5.65. The molecule has 2 heteroatoms. The smallest absolute Gasteiger partial charge is 0.217 e. The first-order chi connectivity index (χ1) is 7.61. The second kappa shape index (κ2) is 6.93. The molecule has 0 saturated heterocycles. The molecule has 1 fully saturated rings. The summed E-state index contributed by atoms with van der Waals surface area (Å²) in [5.74, 6) is 2.25. The molecule has 1 rings (SSSR count). The molecule has 0 bridgehead atoms. The Kier molecular flexibility index (Phi) is 5.86. The highest BCUT2D eigenvalue weighted by Crippen LogP contribution is 2.33. The van der Waals surface area contributed by atoms with E-state index in [0.717, 1.165) is 11.8 Å². The van der Waals surface area contributed by atoms with Gasteiger partial charge in [0.05, 0.1) is 0 Å². The van der Waals surface area contributed by atoms with Crippen molar-refractivity contribution in [2.45, 2.75) is 65.2 Å². The zero-order valence-corrected chi connectivity index (χ0v) is 10.9. The molecule has 0 aromatic rings. The zero-order chi connectivity index (χ0) is 12.0. The molecular formula is C14H27NO. The number of amides is 1. The van der Waals surface area contributed by atoms with Crippen LogP contribution in [-0.4, -0.2) is 5.91 Å². The minimum atomic E-state index is -0.122. The van der Waals surface area contributed by atoms with Crippen LogP contribution < -0.4 is 5.73 Å². The number of nitrogens with two attached hydrogens (primary N) is 1. The lowest BCUT2D eigenvalue weighted by Crippen LogP contribution is -2.21. The lowest BCUT2D eigenvalue weighted by molar-refractivity contribution is -0.119. The number of carbonyl (C=O) groups is 1.